The third-order valence-corrected chi connectivity index (χ3v) is 2.56. The number of aliphatic carboxylic acids is 1. The number of carbonyl (C=O) groups is 1. The number of hydrogen-bond donors (Lipinski definition) is 5. The minimum absolute atomic E-state index is 0.216. The molecule has 1 atom stereocenters. The number of carboxylic acids is 1. The Bertz CT molecular complexity index is 177. The maximum Gasteiger partial charge on any atom is 0.306 e. The monoisotopic (exact) mass is 216 g/mol. The van der Waals surface area contributed by atoms with Gasteiger partial charge < -0.3 is 5.11 Å². The number of hydrazine groups is 3. The molecule has 1 fully saturated rings. The number of carboxylic acid groups (broad SMARTS) is 1. The zero-order chi connectivity index (χ0) is 10.9. The van der Waals surface area contributed by atoms with Gasteiger partial charge in [0.05, 0.1) is 5.92 Å². The average molecular weight is 216 g/mol. The first kappa shape index (κ1) is 12.4. The second-order valence-electron chi connectivity index (χ2n) is 3.78. The Kier molecular flexibility index (Phi) is 6.26. The standard InChI is InChI=1S/C9H20N4O2/c14-9(15)8-4-2-1-3-6-10-12-13-11-7-5-8/h8,10-13H,1-7H2,(H,14,15). The fourth-order valence-corrected chi connectivity index (χ4v) is 1.63. The quantitative estimate of drug-likeness (QED) is 0.416. The second-order valence-corrected chi connectivity index (χ2v) is 3.78. The van der Waals surface area contributed by atoms with E-state index >= 15 is 0 Å². The van der Waals surface area contributed by atoms with Crippen molar-refractivity contribution in [2.75, 3.05) is 13.1 Å². The predicted octanol–water partition coefficient (Wildman–Crippen LogP) is -0.245. The Morgan fingerprint density at radius 3 is 2.47 bits per heavy atom. The third-order valence-electron chi connectivity index (χ3n) is 2.56. The summed E-state index contributed by atoms with van der Waals surface area (Å²) >= 11 is 0. The summed E-state index contributed by atoms with van der Waals surface area (Å²) in [4.78, 5) is 10.9. The lowest BCUT2D eigenvalue weighted by atomic mass is 9.98. The van der Waals surface area contributed by atoms with Crippen LogP contribution >= 0.6 is 0 Å². The largest absolute Gasteiger partial charge is 0.481 e. The van der Waals surface area contributed by atoms with E-state index in [0.29, 0.717) is 13.0 Å². The summed E-state index contributed by atoms with van der Waals surface area (Å²) in [5.41, 5.74) is 11.4. The summed E-state index contributed by atoms with van der Waals surface area (Å²) in [6.07, 6.45) is 4.56. The highest BCUT2D eigenvalue weighted by Gasteiger charge is 2.16. The first-order valence-electron chi connectivity index (χ1n) is 5.49. The van der Waals surface area contributed by atoms with Crippen LogP contribution in [0.3, 0.4) is 0 Å². The number of rotatable bonds is 1. The molecule has 0 aromatic rings. The molecule has 0 radical (unpaired) electrons. The molecule has 1 saturated heterocycles. The summed E-state index contributed by atoms with van der Waals surface area (Å²) in [7, 11) is 0. The molecule has 6 heteroatoms. The van der Waals surface area contributed by atoms with E-state index in [9.17, 15) is 4.79 Å². The van der Waals surface area contributed by atoms with Crippen molar-refractivity contribution < 1.29 is 9.90 Å². The minimum Gasteiger partial charge on any atom is -0.481 e. The number of nitrogens with one attached hydrogen (secondary N) is 4. The second kappa shape index (κ2) is 7.58. The zero-order valence-electron chi connectivity index (χ0n) is 8.88. The van der Waals surface area contributed by atoms with E-state index in [2.05, 4.69) is 21.9 Å². The highest BCUT2D eigenvalue weighted by atomic mass is 16.4. The molecular weight excluding hydrogens is 196 g/mol. The molecule has 1 aliphatic rings. The lowest BCUT2D eigenvalue weighted by Gasteiger charge is -2.15. The van der Waals surface area contributed by atoms with Crippen molar-refractivity contribution in [3.63, 3.8) is 0 Å². The molecule has 5 N–H and O–H groups in total. The molecule has 0 aromatic carbocycles. The lowest BCUT2D eigenvalue weighted by molar-refractivity contribution is -0.142. The van der Waals surface area contributed by atoms with Crippen LogP contribution in [0.5, 0.6) is 0 Å². The summed E-state index contributed by atoms with van der Waals surface area (Å²) in [6, 6.07) is 0. The van der Waals surface area contributed by atoms with Crippen LogP contribution in [0, 0.1) is 5.92 Å². The highest BCUT2D eigenvalue weighted by Crippen LogP contribution is 2.13. The van der Waals surface area contributed by atoms with Gasteiger partial charge in [0.15, 0.2) is 0 Å². The average Bonchev–Trinajstić information content (AvgIpc) is 2.18. The van der Waals surface area contributed by atoms with E-state index in [1.165, 1.54) is 0 Å². The van der Waals surface area contributed by atoms with Crippen molar-refractivity contribution in [3.8, 4) is 0 Å². The van der Waals surface area contributed by atoms with E-state index in [1.807, 2.05) is 0 Å². The summed E-state index contributed by atoms with van der Waals surface area (Å²) < 4.78 is 0. The maximum atomic E-state index is 10.9. The van der Waals surface area contributed by atoms with E-state index in [4.69, 9.17) is 5.11 Å². The summed E-state index contributed by atoms with van der Waals surface area (Å²) in [5, 5.41) is 8.97. The van der Waals surface area contributed by atoms with Crippen LogP contribution in [0.25, 0.3) is 0 Å². The van der Waals surface area contributed by atoms with Crippen LogP contribution in [-0.2, 0) is 4.79 Å². The molecule has 1 heterocycles. The molecule has 1 rings (SSSR count). The molecule has 0 saturated carbocycles. The molecule has 15 heavy (non-hydrogen) atoms. The Balaban J connectivity index is 2.28. The van der Waals surface area contributed by atoms with Crippen LogP contribution in [-0.4, -0.2) is 24.2 Å². The van der Waals surface area contributed by atoms with Gasteiger partial charge in [0.1, 0.15) is 0 Å². The van der Waals surface area contributed by atoms with Gasteiger partial charge >= 0.3 is 5.97 Å². The fourth-order valence-electron chi connectivity index (χ4n) is 1.63. The van der Waals surface area contributed by atoms with Crippen molar-refractivity contribution in [3.05, 3.63) is 0 Å². The van der Waals surface area contributed by atoms with Gasteiger partial charge in [-0.15, -0.1) is 0 Å². The van der Waals surface area contributed by atoms with Crippen molar-refractivity contribution >= 4 is 5.97 Å². The van der Waals surface area contributed by atoms with Crippen molar-refractivity contribution in [1.82, 2.24) is 21.9 Å². The molecular formula is C9H20N4O2. The van der Waals surface area contributed by atoms with Crippen molar-refractivity contribution in [2.24, 2.45) is 5.92 Å². The van der Waals surface area contributed by atoms with Gasteiger partial charge in [-0.2, -0.15) is 11.1 Å². The Morgan fingerprint density at radius 1 is 1.00 bits per heavy atom. The van der Waals surface area contributed by atoms with E-state index in [0.717, 1.165) is 32.2 Å². The van der Waals surface area contributed by atoms with E-state index in [1.54, 1.807) is 0 Å². The van der Waals surface area contributed by atoms with Crippen LogP contribution in [0.1, 0.15) is 32.1 Å². The molecule has 0 amide bonds. The van der Waals surface area contributed by atoms with Gasteiger partial charge in [0.25, 0.3) is 0 Å². The van der Waals surface area contributed by atoms with Gasteiger partial charge in [-0.1, -0.05) is 12.8 Å². The SMILES string of the molecule is O=C(O)C1CCCCCNNNNCC1. The first-order chi connectivity index (χ1) is 7.30. The molecule has 6 nitrogen and oxygen atoms in total. The summed E-state index contributed by atoms with van der Waals surface area (Å²) in [5.74, 6) is -0.897. The third kappa shape index (κ3) is 5.68. The van der Waals surface area contributed by atoms with Gasteiger partial charge in [-0.05, 0) is 19.3 Å². The Morgan fingerprint density at radius 2 is 1.73 bits per heavy atom. The van der Waals surface area contributed by atoms with Crippen LogP contribution in [0.4, 0.5) is 0 Å². The molecule has 0 aromatic heterocycles. The fraction of sp³-hybridized carbons (Fsp3) is 0.889. The topological polar surface area (TPSA) is 85.4 Å². The van der Waals surface area contributed by atoms with Crippen LogP contribution < -0.4 is 21.9 Å². The lowest BCUT2D eigenvalue weighted by Crippen LogP contribution is -2.51. The molecule has 0 spiro atoms. The summed E-state index contributed by atoms with van der Waals surface area (Å²) in [6.45, 7) is 1.53. The number of hydrogen-bond acceptors (Lipinski definition) is 5. The van der Waals surface area contributed by atoms with Crippen LogP contribution in [0.15, 0.2) is 0 Å². The van der Waals surface area contributed by atoms with Gasteiger partial charge in [0, 0.05) is 13.1 Å². The molecule has 0 bridgehead atoms. The highest BCUT2D eigenvalue weighted by molar-refractivity contribution is 5.69. The van der Waals surface area contributed by atoms with Crippen molar-refractivity contribution in [1.29, 1.82) is 0 Å². The van der Waals surface area contributed by atoms with E-state index < -0.39 is 5.97 Å². The Hall–Kier alpha value is -0.690. The predicted molar refractivity (Wildman–Crippen MR) is 56.5 cm³/mol. The van der Waals surface area contributed by atoms with Crippen molar-refractivity contribution in [2.45, 2.75) is 32.1 Å². The normalized spacial score (nSPS) is 26.3. The van der Waals surface area contributed by atoms with Gasteiger partial charge in [0.2, 0.25) is 0 Å². The van der Waals surface area contributed by atoms with Crippen LogP contribution in [0.2, 0.25) is 0 Å². The van der Waals surface area contributed by atoms with E-state index in [-0.39, 0.29) is 5.92 Å². The minimum atomic E-state index is -0.681. The molecule has 1 unspecified atom stereocenters. The first-order valence-corrected chi connectivity index (χ1v) is 5.49. The molecule has 0 aliphatic carbocycles. The smallest absolute Gasteiger partial charge is 0.306 e. The van der Waals surface area contributed by atoms with Gasteiger partial charge in [-0.3, -0.25) is 4.79 Å². The molecule has 1 aliphatic heterocycles. The zero-order valence-corrected chi connectivity index (χ0v) is 8.88. The van der Waals surface area contributed by atoms with Gasteiger partial charge in [-0.25, -0.2) is 10.9 Å². The molecule has 88 valence electrons. The maximum absolute atomic E-state index is 10.9. The Labute approximate surface area is 89.7 Å².